The van der Waals surface area contributed by atoms with E-state index in [4.69, 9.17) is 0 Å². The number of fused-ring (bicyclic) bond motifs is 4. The molecule has 2 saturated heterocycles. The summed E-state index contributed by atoms with van der Waals surface area (Å²) < 4.78 is 22.6. The van der Waals surface area contributed by atoms with Crippen LogP contribution < -0.4 is 0 Å². The molecule has 0 radical (unpaired) electrons. The van der Waals surface area contributed by atoms with E-state index in [1.807, 2.05) is 0 Å². The van der Waals surface area contributed by atoms with Gasteiger partial charge in [-0.25, -0.2) is 9.18 Å². The van der Waals surface area contributed by atoms with Crippen LogP contribution in [-0.2, 0) is 28.7 Å². The predicted octanol–water partition coefficient (Wildman–Crippen LogP) is -0.886. The molecule has 0 aromatic heterocycles. The van der Waals surface area contributed by atoms with Crippen molar-refractivity contribution in [3.8, 4) is 0 Å². The molecule has 0 aromatic rings. The van der Waals surface area contributed by atoms with E-state index in [-0.39, 0.29) is 0 Å². The Morgan fingerprint density at radius 1 is 1.00 bits per heavy atom. The molecule has 3 aliphatic rings. The van der Waals surface area contributed by atoms with Crippen LogP contribution in [0.4, 0.5) is 4.39 Å². The van der Waals surface area contributed by atoms with Gasteiger partial charge in [-0.1, -0.05) is 0 Å². The normalized spacial score (nSPS) is 49.4. The van der Waals surface area contributed by atoms with Gasteiger partial charge in [-0.15, -0.1) is 0 Å². The minimum atomic E-state index is -2.73. The summed E-state index contributed by atoms with van der Waals surface area (Å²) in [7, 11) is 0. The Balaban J connectivity index is 2.20. The number of halogens is 1. The lowest BCUT2D eigenvalue weighted by molar-refractivity contribution is -0.187. The van der Waals surface area contributed by atoms with Crippen molar-refractivity contribution < 1.29 is 33.0 Å². The molecule has 0 spiro atoms. The molecule has 0 bridgehead atoms. The topological polar surface area (TPSA) is 86.7 Å². The maximum Gasteiger partial charge on any atom is 0.353 e. The van der Waals surface area contributed by atoms with E-state index in [1.54, 1.807) is 0 Å². The summed E-state index contributed by atoms with van der Waals surface area (Å²) in [4.78, 5) is 45.0. The number of hydrogen-bond acceptors (Lipinski definition) is 6. The molecule has 2 heterocycles. The van der Waals surface area contributed by atoms with Crippen molar-refractivity contribution in [2.24, 2.45) is 17.3 Å². The van der Waals surface area contributed by atoms with Crippen LogP contribution in [0.25, 0.3) is 0 Å². The molecule has 1 saturated carbocycles. The average Bonchev–Trinajstić information content (AvgIpc) is 2.44. The van der Waals surface area contributed by atoms with Crippen LogP contribution in [0.15, 0.2) is 0 Å². The van der Waals surface area contributed by atoms with Gasteiger partial charge in [-0.3, -0.25) is 14.4 Å². The molecule has 7 heteroatoms. The number of alkyl halides is 1. The Labute approximate surface area is 87.7 Å². The Hall–Kier alpha value is -1.79. The molecule has 6 nitrogen and oxygen atoms in total. The Morgan fingerprint density at radius 3 is 1.94 bits per heavy atom. The van der Waals surface area contributed by atoms with Crippen molar-refractivity contribution >= 4 is 23.9 Å². The van der Waals surface area contributed by atoms with Gasteiger partial charge in [0.25, 0.3) is 0 Å². The monoisotopic (exact) mass is 228 g/mol. The SMILES string of the molecule is CC12C(=O)OC(=O)C1C1(F)C(=O)OC(=O)C21. The summed E-state index contributed by atoms with van der Waals surface area (Å²) in [6, 6.07) is 0. The van der Waals surface area contributed by atoms with Crippen molar-refractivity contribution in [3.63, 3.8) is 0 Å². The van der Waals surface area contributed by atoms with Gasteiger partial charge in [-0.05, 0) is 6.92 Å². The number of hydrogen-bond donors (Lipinski definition) is 0. The van der Waals surface area contributed by atoms with E-state index < -0.39 is 46.8 Å². The third kappa shape index (κ3) is 0.609. The highest BCUT2D eigenvalue weighted by Crippen LogP contribution is 2.67. The first-order chi connectivity index (χ1) is 7.34. The fourth-order valence-electron chi connectivity index (χ4n) is 2.90. The Bertz CT molecular complexity index is 428. The number of ether oxygens (including phenoxy) is 2. The van der Waals surface area contributed by atoms with Crippen LogP contribution >= 0.6 is 0 Å². The van der Waals surface area contributed by atoms with Crippen LogP contribution in [-0.4, -0.2) is 29.5 Å². The van der Waals surface area contributed by atoms with Gasteiger partial charge < -0.3 is 9.47 Å². The molecule has 84 valence electrons. The number of esters is 4. The first kappa shape index (κ1) is 9.44. The molecule has 2 aliphatic heterocycles. The maximum atomic E-state index is 14.2. The second-order valence-corrected chi connectivity index (χ2v) is 4.33. The lowest BCUT2D eigenvalue weighted by Crippen LogP contribution is -2.69. The van der Waals surface area contributed by atoms with E-state index >= 15 is 0 Å². The minimum absolute atomic E-state index is 0.979. The summed E-state index contributed by atoms with van der Waals surface area (Å²) >= 11 is 0. The predicted molar refractivity (Wildman–Crippen MR) is 41.1 cm³/mol. The fraction of sp³-hybridized carbons (Fsp3) is 0.556. The van der Waals surface area contributed by atoms with E-state index in [9.17, 15) is 23.6 Å². The van der Waals surface area contributed by atoms with Crippen LogP contribution in [0.1, 0.15) is 6.92 Å². The highest BCUT2D eigenvalue weighted by Gasteiger charge is 2.89. The third-order valence-electron chi connectivity index (χ3n) is 3.65. The highest BCUT2D eigenvalue weighted by molar-refractivity contribution is 6.15. The third-order valence-corrected chi connectivity index (χ3v) is 3.65. The van der Waals surface area contributed by atoms with Crippen molar-refractivity contribution in [2.45, 2.75) is 12.6 Å². The largest absolute Gasteiger partial charge is 0.392 e. The molecule has 4 unspecified atom stereocenters. The van der Waals surface area contributed by atoms with Gasteiger partial charge in [0.1, 0.15) is 11.8 Å². The molecule has 4 atom stereocenters. The summed E-state index contributed by atoms with van der Waals surface area (Å²) in [5, 5.41) is 0. The van der Waals surface area contributed by atoms with Crippen molar-refractivity contribution in [1.82, 2.24) is 0 Å². The fourth-order valence-corrected chi connectivity index (χ4v) is 2.90. The zero-order valence-corrected chi connectivity index (χ0v) is 7.98. The van der Waals surface area contributed by atoms with E-state index in [0.717, 1.165) is 0 Å². The molecule has 3 rings (SSSR count). The summed E-state index contributed by atoms with van der Waals surface area (Å²) in [6.07, 6.45) is 0. The van der Waals surface area contributed by atoms with Crippen molar-refractivity contribution in [2.75, 3.05) is 0 Å². The lowest BCUT2D eigenvalue weighted by atomic mass is 9.47. The highest BCUT2D eigenvalue weighted by atomic mass is 19.1. The molecule has 16 heavy (non-hydrogen) atoms. The number of cyclic esters (lactones) is 4. The standard InChI is InChI=1S/C9H5FO6/c1-8-2(4(11)15-6(8)13)9(10)3(8)5(12)16-7(9)14/h2-3H,1H3. The second-order valence-electron chi connectivity index (χ2n) is 4.33. The lowest BCUT2D eigenvalue weighted by Gasteiger charge is -2.47. The Kier molecular flexibility index (Phi) is 1.27. The maximum absolute atomic E-state index is 14.2. The Morgan fingerprint density at radius 2 is 1.44 bits per heavy atom. The summed E-state index contributed by atoms with van der Waals surface area (Å²) in [6.45, 7) is 1.23. The number of carbonyl (C=O) groups is 4. The molecule has 1 aliphatic carbocycles. The number of carbonyl (C=O) groups excluding carboxylic acids is 4. The van der Waals surface area contributed by atoms with E-state index in [0.29, 0.717) is 0 Å². The zero-order valence-electron chi connectivity index (χ0n) is 7.98. The van der Waals surface area contributed by atoms with Gasteiger partial charge in [-0.2, -0.15) is 0 Å². The van der Waals surface area contributed by atoms with E-state index in [2.05, 4.69) is 9.47 Å². The summed E-state index contributed by atoms with van der Waals surface area (Å²) in [5.41, 5.74) is -4.33. The van der Waals surface area contributed by atoms with Crippen LogP contribution in [0, 0.1) is 17.3 Å². The molecular formula is C9H5FO6. The smallest absolute Gasteiger partial charge is 0.353 e. The quantitative estimate of drug-likeness (QED) is 0.395. The second kappa shape index (κ2) is 2.16. The minimum Gasteiger partial charge on any atom is -0.392 e. The molecular weight excluding hydrogens is 223 g/mol. The van der Waals surface area contributed by atoms with E-state index in [1.165, 1.54) is 6.92 Å². The average molecular weight is 228 g/mol. The zero-order chi connectivity index (χ0) is 11.9. The molecule has 0 N–H and O–H groups in total. The molecule has 0 amide bonds. The first-order valence-electron chi connectivity index (χ1n) is 4.55. The molecule has 0 aromatic carbocycles. The van der Waals surface area contributed by atoms with Gasteiger partial charge in [0, 0.05) is 0 Å². The van der Waals surface area contributed by atoms with Crippen molar-refractivity contribution in [1.29, 1.82) is 0 Å². The van der Waals surface area contributed by atoms with Crippen molar-refractivity contribution in [3.05, 3.63) is 0 Å². The van der Waals surface area contributed by atoms with Crippen LogP contribution in [0.5, 0.6) is 0 Å². The van der Waals surface area contributed by atoms with Gasteiger partial charge >= 0.3 is 23.9 Å². The van der Waals surface area contributed by atoms with Gasteiger partial charge in [0.2, 0.25) is 5.67 Å². The summed E-state index contributed by atoms with van der Waals surface area (Å²) in [5.74, 6) is -7.73. The molecule has 3 fully saturated rings. The van der Waals surface area contributed by atoms with Gasteiger partial charge in [0.15, 0.2) is 0 Å². The van der Waals surface area contributed by atoms with Crippen LogP contribution in [0.2, 0.25) is 0 Å². The van der Waals surface area contributed by atoms with Crippen LogP contribution in [0.3, 0.4) is 0 Å². The first-order valence-corrected chi connectivity index (χ1v) is 4.55. The van der Waals surface area contributed by atoms with Gasteiger partial charge in [0.05, 0.1) is 5.41 Å². The number of rotatable bonds is 0.